The van der Waals surface area contributed by atoms with E-state index in [1.165, 1.54) is 6.20 Å². The van der Waals surface area contributed by atoms with Gasteiger partial charge in [0.1, 0.15) is 5.56 Å². The molecule has 2 aromatic rings. The molecule has 0 saturated carbocycles. The van der Waals surface area contributed by atoms with Crippen molar-refractivity contribution in [2.45, 2.75) is 31.9 Å². The van der Waals surface area contributed by atoms with Gasteiger partial charge in [-0.2, -0.15) is 5.10 Å². The molecule has 0 radical (unpaired) electrons. The smallest absolute Gasteiger partial charge is 0.339 e. The minimum absolute atomic E-state index is 0.103. The summed E-state index contributed by atoms with van der Waals surface area (Å²) in [5.74, 6) is -1.14. The number of H-pyrrole nitrogens is 1. The van der Waals surface area contributed by atoms with Crippen LogP contribution in [0.3, 0.4) is 0 Å². The second kappa shape index (κ2) is 7.48. The quantitative estimate of drug-likeness (QED) is 0.870. The second-order valence-corrected chi connectivity index (χ2v) is 6.15. The van der Waals surface area contributed by atoms with Crippen LogP contribution in [0.5, 0.6) is 0 Å². The fourth-order valence-corrected chi connectivity index (χ4v) is 3.32. The molecule has 1 aliphatic heterocycles. The Balaban J connectivity index is 1.90. The van der Waals surface area contributed by atoms with Gasteiger partial charge in [-0.25, -0.2) is 4.79 Å². The Labute approximate surface area is 145 Å². The average molecular weight is 343 g/mol. The molecule has 2 heterocycles. The van der Waals surface area contributed by atoms with Crippen LogP contribution in [0.2, 0.25) is 0 Å². The Kier molecular flexibility index (Phi) is 5.14. The maximum absolute atomic E-state index is 13.0. The summed E-state index contributed by atoms with van der Waals surface area (Å²) in [5.41, 5.74) is 2.12. The molecule has 0 bridgehead atoms. The molecule has 1 unspecified atom stereocenters. The number of nitrogens with one attached hydrogen (secondary N) is 1. The molecule has 1 aromatic heterocycles. The highest BCUT2D eigenvalue weighted by atomic mass is 16.5. The monoisotopic (exact) mass is 343 g/mol. The van der Waals surface area contributed by atoms with Gasteiger partial charge in [0, 0.05) is 19.2 Å². The zero-order valence-electron chi connectivity index (χ0n) is 14.1. The first-order chi connectivity index (χ1) is 12.1. The molecule has 1 fully saturated rings. The summed E-state index contributed by atoms with van der Waals surface area (Å²) in [4.78, 5) is 26.2. The van der Waals surface area contributed by atoms with Crippen molar-refractivity contribution in [3.63, 3.8) is 0 Å². The van der Waals surface area contributed by atoms with Crippen molar-refractivity contribution in [2.75, 3.05) is 13.7 Å². The summed E-state index contributed by atoms with van der Waals surface area (Å²) in [6.07, 6.45) is 3.85. The number of piperidine rings is 1. The first-order valence-electron chi connectivity index (χ1n) is 8.27. The number of methoxy groups -OCH3 is 1. The van der Waals surface area contributed by atoms with Gasteiger partial charge in [-0.15, -0.1) is 0 Å². The summed E-state index contributed by atoms with van der Waals surface area (Å²) < 4.78 is 5.13. The van der Waals surface area contributed by atoms with Crippen LogP contribution in [0.1, 0.15) is 57.3 Å². The molecule has 0 spiro atoms. The highest BCUT2D eigenvalue weighted by Crippen LogP contribution is 2.32. The summed E-state index contributed by atoms with van der Waals surface area (Å²) in [6.45, 7) is 1.03. The Morgan fingerprint density at radius 2 is 2.24 bits per heavy atom. The number of hydrogen-bond donors (Lipinski definition) is 2. The van der Waals surface area contributed by atoms with Gasteiger partial charge < -0.3 is 14.7 Å². The van der Waals surface area contributed by atoms with Crippen molar-refractivity contribution < 1.29 is 19.4 Å². The van der Waals surface area contributed by atoms with Crippen LogP contribution in [0.4, 0.5) is 0 Å². The molecule has 25 heavy (non-hydrogen) atoms. The molecule has 2 N–H and O–H groups in total. The number of carboxylic acid groups (broad SMARTS) is 1. The minimum Gasteiger partial charge on any atom is -0.478 e. The van der Waals surface area contributed by atoms with Crippen LogP contribution in [-0.4, -0.2) is 45.7 Å². The number of ether oxygens (including phenoxy) is 1. The van der Waals surface area contributed by atoms with Crippen molar-refractivity contribution in [3.8, 4) is 0 Å². The van der Waals surface area contributed by atoms with Gasteiger partial charge in [0.25, 0.3) is 5.91 Å². The van der Waals surface area contributed by atoms with Crippen molar-refractivity contribution in [1.82, 2.24) is 15.1 Å². The van der Waals surface area contributed by atoms with E-state index in [4.69, 9.17) is 4.74 Å². The van der Waals surface area contributed by atoms with Crippen molar-refractivity contribution in [1.29, 1.82) is 0 Å². The number of amides is 1. The zero-order chi connectivity index (χ0) is 17.8. The molecule has 3 rings (SSSR count). The fourth-order valence-electron chi connectivity index (χ4n) is 3.32. The Bertz CT molecular complexity index is 771. The molecule has 7 heteroatoms. The molecule has 1 amide bonds. The van der Waals surface area contributed by atoms with Crippen LogP contribution < -0.4 is 0 Å². The lowest BCUT2D eigenvalue weighted by atomic mass is 9.96. The van der Waals surface area contributed by atoms with Gasteiger partial charge >= 0.3 is 5.97 Å². The molecule has 0 aliphatic carbocycles. The van der Waals surface area contributed by atoms with E-state index < -0.39 is 5.97 Å². The largest absolute Gasteiger partial charge is 0.478 e. The van der Waals surface area contributed by atoms with E-state index in [0.29, 0.717) is 30.8 Å². The van der Waals surface area contributed by atoms with Crippen molar-refractivity contribution in [3.05, 3.63) is 52.8 Å². The molecule has 1 saturated heterocycles. The molecule has 1 aliphatic rings. The number of aromatic nitrogens is 2. The zero-order valence-corrected chi connectivity index (χ0v) is 14.1. The van der Waals surface area contributed by atoms with E-state index >= 15 is 0 Å². The third-order valence-corrected chi connectivity index (χ3v) is 4.48. The highest BCUT2D eigenvalue weighted by molar-refractivity contribution is 5.95. The van der Waals surface area contributed by atoms with E-state index in [0.717, 1.165) is 18.4 Å². The molecular weight excluding hydrogens is 322 g/mol. The number of carbonyl (C=O) groups excluding carboxylic acids is 1. The molecule has 1 atom stereocenters. The van der Waals surface area contributed by atoms with Gasteiger partial charge in [-0.3, -0.25) is 9.89 Å². The van der Waals surface area contributed by atoms with Crippen LogP contribution >= 0.6 is 0 Å². The number of carbonyl (C=O) groups is 2. The first kappa shape index (κ1) is 17.2. The Hall–Kier alpha value is -2.67. The van der Waals surface area contributed by atoms with Crippen LogP contribution in [0, 0.1) is 0 Å². The number of hydrogen-bond acceptors (Lipinski definition) is 4. The highest BCUT2D eigenvalue weighted by Gasteiger charge is 2.32. The van der Waals surface area contributed by atoms with E-state index in [1.807, 2.05) is 18.2 Å². The normalized spacial score (nSPS) is 17.5. The predicted octanol–water partition coefficient (Wildman–Crippen LogP) is 2.62. The van der Waals surface area contributed by atoms with Gasteiger partial charge in [0.05, 0.1) is 24.5 Å². The summed E-state index contributed by atoms with van der Waals surface area (Å²) in [6, 6.07) is 7.03. The number of rotatable bonds is 5. The van der Waals surface area contributed by atoms with Gasteiger partial charge in [-0.1, -0.05) is 12.1 Å². The van der Waals surface area contributed by atoms with Gasteiger partial charge in [0.15, 0.2) is 0 Å². The predicted molar refractivity (Wildman–Crippen MR) is 90.3 cm³/mol. The van der Waals surface area contributed by atoms with E-state index in [1.54, 1.807) is 18.1 Å². The maximum atomic E-state index is 13.0. The lowest BCUT2D eigenvalue weighted by Gasteiger charge is -2.35. The number of aromatic carboxylic acids is 1. The number of aromatic amines is 1. The topological polar surface area (TPSA) is 95.5 Å². The third-order valence-electron chi connectivity index (χ3n) is 4.48. The summed E-state index contributed by atoms with van der Waals surface area (Å²) >= 11 is 0. The number of benzene rings is 1. The van der Waals surface area contributed by atoms with E-state index in [2.05, 4.69) is 10.2 Å². The first-order valence-corrected chi connectivity index (χ1v) is 8.27. The van der Waals surface area contributed by atoms with Crippen molar-refractivity contribution >= 4 is 11.9 Å². The lowest BCUT2D eigenvalue weighted by Crippen LogP contribution is -2.39. The summed E-state index contributed by atoms with van der Waals surface area (Å²) in [5, 5.41) is 16.0. The molecule has 7 nitrogen and oxygen atoms in total. The lowest BCUT2D eigenvalue weighted by molar-refractivity contribution is 0.0589. The van der Waals surface area contributed by atoms with Crippen LogP contribution in [-0.2, 0) is 11.3 Å². The van der Waals surface area contributed by atoms with Crippen LogP contribution in [0.25, 0.3) is 0 Å². The SMILES string of the molecule is COCc1cccc(C(=O)N2CCCCC2c2[nH]ncc2C(=O)O)c1. The Morgan fingerprint density at radius 3 is 3.00 bits per heavy atom. The van der Waals surface area contributed by atoms with Crippen LogP contribution in [0.15, 0.2) is 30.5 Å². The standard InChI is InChI=1S/C18H21N3O4/c1-25-11-12-5-4-6-13(9-12)17(22)21-8-3-2-7-15(21)16-14(18(23)24)10-19-20-16/h4-6,9-10,15H,2-3,7-8,11H2,1H3,(H,19,20)(H,23,24). The number of carboxylic acids is 1. The van der Waals surface area contributed by atoms with Gasteiger partial charge in [0.2, 0.25) is 0 Å². The fraction of sp³-hybridized carbons (Fsp3) is 0.389. The molecular formula is C18H21N3O4. The maximum Gasteiger partial charge on any atom is 0.339 e. The van der Waals surface area contributed by atoms with Gasteiger partial charge in [-0.05, 0) is 37.0 Å². The number of likely N-dealkylation sites (tertiary alicyclic amines) is 1. The molecule has 1 aromatic carbocycles. The third kappa shape index (κ3) is 3.56. The van der Waals surface area contributed by atoms with E-state index in [-0.39, 0.29) is 17.5 Å². The second-order valence-electron chi connectivity index (χ2n) is 6.15. The average Bonchev–Trinajstić information content (AvgIpc) is 3.11. The van der Waals surface area contributed by atoms with Crippen molar-refractivity contribution in [2.24, 2.45) is 0 Å². The summed E-state index contributed by atoms with van der Waals surface area (Å²) in [7, 11) is 1.61. The minimum atomic E-state index is -1.04. The Morgan fingerprint density at radius 1 is 1.40 bits per heavy atom. The molecule has 132 valence electrons. The van der Waals surface area contributed by atoms with E-state index in [9.17, 15) is 14.7 Å². The number of nitrogens with zero attached hydrogens (tertiary/aromatic N) is 2.